The van der Waals surface area contributed by atoms with Crippen LogP contribution in [0.3, 0.4) is 0 Å². The molecule has 0 radical (unpaired) electrons. The molecule has 1 aromatic heterocycles. The van der Waals surface area contributed by atoms with E-state index in [0.29, 0.717) is 12.8 Å². The topological polar surface area (TPSA) is 83.9 Å². The molecule has 6 rings (SSSR count). The standard InChI is InChI=1S/C26H24N5O/c1-16-11-22(17-5-3-2-4-6-17)29-23-14-18(7-8-21(16)23)26-30-25(19-12-20(32)13-19)24-15-28-9-10-31(24,26)27/h2-11,14-15,19-20,32H,12-13,27H2,1H3/q+1. The van der Waals surface area contributed by atoms with Crippen molar-refractivity contribution in [2.24, 2.45) is 21.7 Å². The highest BCUT2D eigenvalue weighted by Gasteiger charge is 2.47. The molecule has 1 atom stereocenters. The normalized spacial score (nSPS) is 26.3. The second kappa shape index (κ2) is 7.03. The average Bonchev–Trinajstić information content (AvgIpc) is 3.09. The Kier molecular flexibility index (Phi) is 4.23. The first-order chi connectivity index (χ1) is 15.5. The van der Waals surface area contributed by atoms with Crippen LogP contribution >= 0.6 is 0 Å². The summed E-state index contributed by atoms with van der Waals surface area (Å²) in [6, 6.07) is 18.6. The summed E-state index contributed by atoms with van der Waals surface area (Å²) in [7, 11) is 0. The molecule has 3 aromatic rings. The number of pyridine rings is 1. The van der Waals surface area contributed by atoms with Gasteiger partial charge in [-0.05, 0) is 43.5 Å². The zero-order chi connectivity index (χ0) is 21.9. The fraction of sp³-hybridized carbons (Fsp3) is 0.192. The molecule has 3 N–H and O–H groups in total. The number of aliphatic hydroxyl groups is 1. The number of hydrogen-bond acceptors (Lipinski definition) is 5. The van der Waals surface area contributed by atoms with Crippen molar-refractivity contribution in [3.8, 4) is 11.3 Å². The lowest BCUT2D eigenvalue weighted by molar-refractivity contribution is -0.750. The summed E-state index contributed by atoms with van der Waals surface area (Å²) in [5, 5.41) is 10.9. The molecular weight excluding hydrogens is 398 g/mol. The Balaban J connectivity index is 1.47. The van der Waals surface area contributed by atoms with Crippen molar-refractivity contribution in [1.82, 2.24) is 4.98 Å². The van der Waals surface area contributed by atoms with Crippen molar-refractivity contribution in [1.29, 1.82) is 0 Å². The van der Waals surface area contributed by atoms with E-state index < -0.39 is 0 Å². The summed E-state index contributed by atoms with van der Waals surface area (Å²) in [6.07, 6.45) is 6.55. The number of aliphatic hydroxyl groups excluding tert-OH is 1. The Hall–Kier alpha value is -3.45. The SMILES string of the molecule is Cc1cc(-c2ccccc2)nc2cc(C3=NC(C4CC(O)C4)=C4C=NC=C[N+]34N)ccc12. The number of aromatic nitrogens is 1. The van der Waals surface area contributed by atoms with Gasteiger partial charge in [-0.25, -0.2) is 4.98 Å². The first kappa shape index (κ1) is 19.3. The summed E-state index contributed by atoms with van der Waals surface area (Å²) in [5.74, 6) is 7.83. The fourth-order valence-corrected chi connectivity index (χ4v) is 4.82. The van der Waals surface area contributed by atoms with Crippen LogP contribution in [0.15, 0.2) is 88.4 Å². The number of hydrogen-bond donors (Lipinski definition) is 2. The molecule has 0 saturated heterocycles. The Morgan fingerprint density at radius 2 is 1.84 bits per heavy atom. The van der Waals surface area contributed by atoms with Gasteiger partial charge in [-0.3, -0.25) is 4.99 Å². The van der Waals surface area contributed by atoms with Gasteiger partial charge in [-0.15, -0.1) is 4.59 Å². The van der Waals surface area contributed by atoms with Crippen molar-refractivity contribution in [3.63, 3.8) is 0 Å². The van der Waals surface area contributed by atoms with Crippen LogP contribution in [0.4, 0.5) is 0 Å². The predicted octanol–water partition coefficient (Wildman–Crippen LogP) is 4.20. The summed E-state index contributed by atoms with van der Waals surface area (Å²) in [4.78, 5) is 14.3. The third kappa shape index (κ3) is 2.88. The first-order valence-electron chi connectivity index (χ1n) is 10.9. The molecule has 0 spiro atoms. The van der Waals surface area contributed by atoms with Crippen LogP contribution in [0.25, 0.3) is 22.2 Å². The molecule has 3 aliphatic rings. The highest BCUT2D eigenvalue weighted by molar-refractivity contribution is 6.03. The summed E-state index contributed by atoms with van der Waals surface area (Å²) < 4.78 is -0.00566. The zero-order valence-electron chi connectivity index (χ0n) is 17.8. The van der Waals surface area contributed by atoms with E-state index in [2.05, 4.69) is 48.3 Å². The number of amidine groups is 1. The summed E-state index contributed by atoms with van der Waals surface area (Å²) in [5.41, 5.74) is 6.88. The van der Waals surface area contributed by atoms with E-state index in [9.17, 15) is 5.11 Å². The molecule has 158 valence electrons. The van der Waals surface area contributed by atoms with Gasteiger partial charge >= 0.3 is 0 Å². The molecule has 1 unspecified atom stereocenters. The van der Waals surface area contributed by atoms with Gasteiger partial charge in [0.15, 0.2) is 0 Å². The summed E-state index contributed by atoms with van der Waals surface area (Å²) in [6.45, 7) is 2.11. The Labute approximate surface area is 186 Å². The molecule has 1 aliphatic carbocycles. The van der Waals surface area contributed by atoms with Crippen LogP contribution in [-0.2, 0) is 0 Å². The highest BCUT2D eigenvalue weighted by atomic mass is 16.3. The van der Waals surface area contributed by atoms with Gasteiger partial charge in [0.2, 0.25) is 5.70 Å². The number of fused-ring (bicyclic) bond motifs is 2. The molecule has 2 aromatic carbocycles. The number of aliphatic imine (C=N–C) groups is 2. The van der Waals surface area contributed by atoms with Gasteiger partial charge in [0.1, 0.15) is 11.9 Å². The number of benzene rings is 2. The van der Waals surface area contributed by atoms with Crippen LogP contribution in [0.2, 0.25) is 0 Å². The van der Waals surface area contributed by atoms with Crippen LogP contribution in [0, 0.1) is 12.8 Å². The van der Waals surface area contributed by atoms with Crippen molar-refractivity contribution in [2.75, 3.05) is 0 Å². The maximum atomic E-state index is 9.82. The number of rotatable bonds is 3. The largest absolute Gasteiger partial charge is 0.393 e. The summed E-state index contributed by atoms with van der Waals surface area (Å²) >= 11 is 0. The fourth-order valence-electron chi connectivity index (χ4n) is 4.82. The first-order valence-corrected chi connectivity index (χ1v) is 10.9. The Bertz CT molecular complexity index is 1370. The number of nitrogens with zero attached hydrogens (tertiary/aromatic N) is 4. The third-order valence-corrected chi connectivity index (χ3v) is 6.67. The van der Waals surface area contributed by atoms with E-state index >= 15 is 0 Å². The van der Waals surface area contributed by atoms with Crippen molar-refractivity contribution < 1.29 is 9.70 Å². The number of nitrogens with two attached hydrogens (primary N) is 1. The van der Waals surface area contributed by atoms with Crippen LogP contribution in [-0.4, -0.2) is 32.8 Å². The lowest BCUT2D eigenvalue weighted by Gasteiger charge is -2.31. The predicted molar refractivity (Wildman–Crippen MR) is 126 cm³/mol. The monoisotopic (exact) mass is 422 g/mol. The molecule has 6 heteroatoms. The van der Waals surface area contributed by atoms with Gasteiger partial charge < -0.3 is 5.11 Å². The molecule has 1 saturated carbocycles. The second-order valence-electron chi connectivity index (χ2n) is 8.80. The molecule has 0 bridgehead atoms. The average molecular weight is 423 g/mol. The maximum absolute atomic E-state index is 9.82. The number of quaternary nitrogens is 1. The van der Waals surface area contributed by atoms with Gasteiger partial charge in [-0.1, -0.05) is 36.4 Å². The minimum Gasteiger partial charge on any atom is -0.393 e. The number of allylic oxidation sites excluding steroid dienone is 2. The molecule has 2 aliphatic heterocycles. The van der Waals surface area contributed by atoms with Crippen LogP contribution < -0.4 is 5.84 Å². The minimum atomic E-state index is -0.257. The second-order valence-corrected chi connectivity index (χ2v) is 8.80. The van der Waals surface area contributed by atoms with E-state index in [1.807, 2.05) is 24.4 Å². The van der Waals surface area contributed by atoms with E-state index in [1.54, 1.807) is 12.4 Å². The van der Waals surface area contributed by atoms with Crippen molar-refractivity contribution >= 4 is 23.0 Å². The van der Waals surface area contributed by atoms with Crippen LogP contribution in [0.1, 0.15) is 24.0 Å². The van der Waals surface area contributed by atoms with Gasteiger partial charge in [0.25, 0.3) is 5.84 Å². The Morgan fingerprint density at radius 3 is 2.62 bits per heavy atom. The van der Waals surface area contributed by atoms with E-state index in [-0.39, 0.29) is 16.6 Å². The van der Waals surface area contributed by atoms with Crippen molar-refractivity contribution in [3.05, 3.63) is 89.5 Å². The smallest absolute Gasteiger partial charge is 0.264 e. The zero-order valence-corrected chi connectivity index (χ0v) is 17.8. The van der Waals surface area contributed by atoms with E-state index in [1.165, 1.54) is 5.56 Å². The van der Waals surface area contributed by atoms with E-state index in [4.69, 9.17) is 15.8 Å². The van der Waals surface area contributed by atoms with E-state index in [0.717, 1.165) is 45.0 Å². The molecule has 3 heterocycles. The lowest BCUT2D eigenvalue weighted by atomic mass is 9.79. The maximum Gasteiger partial charge on any atom is 0.264 e. The van der Waals surface area contributed by atoms with Crippen molar-refractivity contribution in [2.45, 2.75) is 25.9 Å². The van der Waals surface area contributed by atoms with Crippen LogP contribution in [0.5, 0.6) is 0 Å². The Morgan fingerprint density at radius 1 is 1.03 bits per heavy atom. The van der Waals surface area contributed by atoms with Gasteiger partial charge in [0, 0.05) is 16.9 Å². The quantitative estimate of drug-likeness (QED) is 0.490. The van der Waals surface area contributed by atoms with Gasteiger partial charge in [0.05, 0.1) is 35.3 Å². The molecule has 32 heavy (non-hydrogen) atoms. The molecular formula is C26H24N5O+. The minimum absolute atomic E-state index is 0.00566. The lowest BCUT2D eigenvalue weighted by Crippen LogP contribution is -2.53. The van der Waals surface area contributed by atoms with Gasteiger partial charge in [-0.2, -0.15) is 10.8 Å². The molecule has 0 amide bonds. The number of aryl methyl sites for hydroxylation is 1. The molecule has 1 fully saturated rings. The highest BCUT2D eigenvalue weighted by Crippen LogP contribution is 2.42. The molecule has 6 nitrogen and oxygen atoms in total. The third-order valence-electron chi connectivity index (χ3n) is 6.67.